The molecule has 1 N–H and O–H groups in total. The number of benzene rings is 1. The van der Waals surface area contributed by atoms with Gasteiger partial charge in [0.05, 0.1) is 0 Å². The van der Waals surface area contributed by atoms with Crippen LogP contribution < -0.4 is 5.32 Å². The van der Waals surface area contributed by atoms with Crippen LogP contribution in [-0.2, 0) is 0 Å². The van der Waals surface area contributed by atoms with Gasteiger partial charge in [-0.2, -0.15) is 0 Å². The lowest BCUT2D eigenvalue weighted by Gasteiger charge is -2.15. The smallest absolute Gasteiger partial charge is 0.0291 e. The largest absolute Gasteiger partial charge is 0.310 e. The van der Waals surface area contributed by atoms with Gasteiger partial charge in [-0.05, 0) is 44.0 Å². The molecule has 2 rings (SSSR count). The highest BCUT2D eigenvalue weighted by Crippen LogP contribution is 2.33. The van der Waals surface area contributed by atoms with Crippen LogP contribution >= 0.6 is 11.8 Å². The van der Waals surface area contributed by atoms with Crippen LogP contribution in [0.5, 0.6) is 0 Å². The van der Waals surface area contributed by atoms with Crippen molar-refractivity contribution in [2.45, 2.75) is 68.6 Å². The van der Waals surface area contributed by atoms with Gasteiger partial charge < -0.3 is 5.32 Å². The van der Waals surface area contributed by atoms with Gasteiger partial charge in [0.15, 0.2) is 0 Å². The lowest BCUT2D eigenvalue weighted by Crippen LogP contribution is -2.17. The highest BCUT2D eigenvalue weighted by atomic mass is 32.2. The Morgan fingerprint density at radius 2 is 1.74 bits per heavy atom. The summed E-state index contributed by atoms with van der Waals surface area (Å²) >= 11 is 2.09. The Bertz CT molecular complexity index is 352. The number of rotatable bonds is 5. The van der Waals surface area contributed by atoms with Gasteiger partial charge in [-0.1, -0.05) is 44.7 Å². The van der Waals surface area contributed by atoms with Crippen LogP contribution in [0.1, 0.15) is 64.0 Å². The summed E-state index contributed by atoms with van der Waals surface area (Å²) in [5, 5.41) is 4.31. The zero-order valence-corrected chi connectivity index (χ0v) is 13.1. The van der Waals surface area contributed by atoms with E-state index in [2.05, 4.69) is 55.2 Å². The van der Waals surface area contributed by atoms with Crippen molar-refractivity contribution in [3.8, 4) is 0 Å². The van der Waals surface area contributed by atoms with Gasteiger partial charge in [0, 0.05) is 16.2 Å². The number of hydrogen-bond donors (Lipinski definition) is 1. The normalized spacial score (nSPS) is 19.1. The molecule has 1 saturated carbocycles. The van der Waals surface area contributed by atoms with E-state index in [1.165, 1.54) is 49.0 Å². The summed E-state index contributed by atoms with van der Waals surface area (Å²) in [5.74, 6) is 0. The Morgan fingerprint density at radius 3 is 2.32 bits per heavy atom. The number of thioether (sulfide) groups is 1. The van der Waals surface area contributed by atoms with Gasteiger partial charge >= 0.3 is 0 Å². The fourth-order valence-corrected chi connectivity index (χ4v) is 4.06. The average molecular weight is 277 g/mol. The molecule has 1 atom stereocenters. The van der Waals surface area contributed by atoms with Crippen molar-refractivity contribution in [1.29, 1.82) is 0 Å². The molecule has 1 unspecified atom stereocenters. The molecule has 0 aliphatic heterocycles. The van der Waals surface area contributed by atoms with Crippen LogP contribution in [0.15, 0.2) is 29.2 Å². The minimum Gasteiger partial charge on any atom is -0.310 e. The highest BCUT2D eigenvalue weighted by Gasteiger charge is 2.13. The third kappa shape index (κ3) is 4.85. The molecule has 0 radical (unpaired) electrons. The van der Waals surface area contributed by atoms with Crippen molar-refractivity contribution in [3.63, 3.8) is 0 Å². The average Bonchev–Trinajstić information content (AvgIpc) is 2.68. The Kier molecular flexibility index (Phi) is 6.25. The monoisotopic (exact) mass is 277 g/mol. The van der Waals surface area contributed by atoms with Gasteiger partial charge in [-0.15, -0.1) is 11.8 Å². The summed E-state index contributed by atoms with van der Waals surface area (Å²) in [6.45, 7) is 5.42. The van der Waals surface area contributed by atoms with E-state index in [4.69, 9.17) is 0 Å². The molecular formula is C17H27NS. The molecule has 0 heterocycles. The molecule has 0 aromatic heterocycles. The summed E-state index contributed by atoms with van der Waals surface area (Å²) in [6.07, 6.45) is 8.53. The van der Waals surface area contributed by atoms with Gasteiger partial charge in [-0.3, -0.25) is 0 Å². The van der Waals surface area contributed by atoms with Gasteiger partial charge in [-0.25, -0.2) is 0 Å². The maximum Gasteiger partial charge on any atom is 0.0291 e. The molecule has 106 valence electrons. The van der Waals surface area contributed by atoms with Crippen molar-refractivity contribution in [2.24, 2.45) is 0 Å². The molecule has 1 aromatic rings. The van der Waals surface area contributed by atoms with Gasteiger partial charge in [0.25, 0.3) is 0 Å². The predicted molar refractivity (Wildman–Crippen MR) is 85.9 cm³/mol. The summed E-state index contributed by atoms with van der Waals surface area (Å²) in [7, 11) is 0. The fourth-order valence-electron chi connectivity index (χ4n) is 2.81. The van der Waals surface area contributed by atoms with Crippen molar-refractivity contribution in [3.05, 3.63) is 29.8 Å². The molecular weight excluding hydrogens is 250 g/mol. The molecule has 19 heavy (non-hydrogen) atoms. The fraction of sp³-hybridized carbons (Fsp3) is 0.647. The van der Waals surface area contributed by atoms with Crippen LogP contribution in [0.2, 0.25) is 0 Å². The lowest BCUT2D eigenvalue weighted by atomic mass is 10.1. The molecule has 1 fully saturated rings. The maximum absolute atomic E-state index is 3.46. The quantitative estimate of drug-likeness (QED) is 0.745. The Hall–Kier alpha value is -0.470. The second kappa shape index (κ2) is 7.96. The zero-order chi connectivity index (χ0) is 13.5. The zero-order valence-electron chi connectivity index (χ0n) is 12.3. The Balaban J connectivity index is 1.90. The van der Waals surface area contributed by atoms with E-state index in [-0.39, 0.29) is 0 Å². The van der Waals surface area contributed by atoms with E-state index in [0.717, 1.165) is 11.8 Å². The molecule has 1 aliphatic carbocycles. The molecule has 1 nitrogen and oxygen atoms in total. The summed E-state index contributed by atoms with van der Waals surface area (Å²) in [5.41, 5.74) is 1.40. The molecule has 2 heteroatoms. The molecule has 0 saturated heterocycles. The van der Waals surface area contributed by atoms with Gasteiger partial charge in [0.2, 0.25) is 0 Å². The van der Waals surface area contributed by atoms with Crippen molar-refractivity contribution in [1.82, 2.24) is 5.32 Å². The van der Waals surface area contributed by atoms with Crippen LogP contribution in [0, 0.1) is 0 Å². The predicted octanol–water partition coefficient (Wildman–Crippen LogP) is 5.17. The third-order valence-corrected chi connectivity index (χ3v) is 5.34. The van der Waals surface area contributed by atoms with Crippen LogP contribution in [-0.4, -0.2) is 11.8 Å². The molecule has 0 spiro atoms. The molecule has 1 aromatic carbocycles. The summed E-state index contributed by atoms with van der Waals surface area (Å²) in [6, 6.07) is 9.64. The van der Waals surface area contributed by atoms with E-state index in [1.54, 1.807) is 0 Å². The Labute approximate surface area is 122 Å². The summed E-state index contributed by atoms with van der Waals surface area (Å²) in [4.78, 5) is 1.44. The van der Waals surface area contributed by atoms with E-state index >= 15 is 0 Å². The Morgan fingerprint density at radius 1 is 1.11 bits per heavy atom. The third-order valence-electron chi connectivity index (χ3n) is 4.00. The van der Waals surface area contributed by atoms with Crippen LogP contribution in [0.4, 0.5) is 0 Å². The standard InChI is InChI=1S/C17H27NS/c1-3-18-14(2)15-10-12-17(13-11-15)19-16-8-6-4-5-7-9-16/h10-14,16,18H,3-9H2,1-2H3. The van der Waals surface area contributed by atoms with E-state index in [0.29, 0.717) is 6.04 Å². The maximum atomic E-state index is 3.46. The summed E-state index contributed by atoms with van der Waals surface area (Å²) < 4.78 is 0. The highest BCUT2D eigenvalue weighted by molar-refractivity contribution is 8.00. The first-order chi connectivity index (χ1) is 9.29. The minimum atomic E-state index is 0.460. The van der Waals surface area contributed by atoms with E-state index < -0.39 is 0 Å². The topological polar surface area (TPSA) is 12.0 Å². The van der Waals surface area contributed by atoms with E-state index in [9.17, 15) is 0 Å². The first-order valence-electron chi connectivity index (χ1n) is 7.79. The van der Waals surface area contributed by atoms with Crippen molar-refractivity contribution in [2.75, 3.05) is 6.54 Å². The molecule has 1 aliphatic rings. The van der Waals surface area contributed by atoms with Crippen LogP contribution in [0.25, 0.3) is 0 Å². The second-order valence-electron chi connectivity index (χ2n) is 5.58. The van der Waals surface area contributed by atoms with E-state index in [1.807, 2.05) is 0 Å². The second-order valence-corrected chi connectivity index (χ2v) is 6.95. The SMILES string of the molecule is CCNC(C)c1ccc(SC2CCCCCC2)cc1. The lowest BCUT2D eigenvalue weighted by molar-refractivity contribution is 0.598. The molecule has 0 amide bonds. The van der Waals surface area contributed by atoms with Crippen molar-refractivity contribution < 1.29 is 0 Å². The number of nitrogens with one attached hydrogen (secondary N) is 1. The van der Waals surface area contributed by atoms with Crippen LogP contribution in [0.3, 0.4) is 0 Å². The first-order valence-corrected chi connectivity index (χ1v) is 8.67. The first kappa shape index (κ1) is 14.9. The van der Waals surface area contributed by atoms with Gasteiger partial charge in [0.1, 0.15) is 0 Å². The number of hydrogen-bond acceptors (Lipinski definition) is 2. The molecule has 0 bridgehead atoms. The van der Waals surface area contributed by atoms with Crippen molar-refractivity contribution >= 4 is 11.8 Å². The minimum absolute atomic E-state index is 0.460.